The number of rotatable bonds is 40. The lowest BCUT2D eigenvalue weighted by molar-refractivity contribution is 0.441. The molecule has 1 aromatic rings. The van der Waals surface area contributed by atoms with Gasteiger partial charge in [-0.05, 0) is 24.5 Å². The van der Waals surface area contributed by atoms with Gasteiger partial charge in [0.2, 0.25) is 0 Å². The van der Waals surface area contributed by atoms with E-state index in [9.17, 15) is 8.78 Å². The normalized spacial score (nSPS) is 12.8. The molecule has 4 heteroatoms. The first kappa shape index (κ1) is 55.6. The standard InChI is InChI=1S/C36H76B.C16H25F2P/c1-5-9-13-17-21-25-29-33-37(34-30-26-22-18-14-10-6-2,35-31-27-23-19-15-11-7-3)36-32-28-24-20-16-12-8-4;1-4-6-7-13(5-2)10-11-19(3)16-12-14(17)8-9-15(16)18/h5-36H2,1-4H3;8-9,12-13H,4-7,10-11H2,1-3H3/q-1;/p+1. The minimum Gasteiger partial charge on any atom is -0.207 e. The molecule has 0 heterocycles. The highest BCUT2D eigenvalue weighted by Gasteiger charge is 2.23. The van der Waals surface area contributed by atoms with E-state index in [1.807, 2.05) is 0 Å². The van der Waals surface area contributed by atoms with Gasteiger partial charge >= 0.3 is 0 Å². The molecule has 1 aromatic carbocycles. The summed E-state index contributed by atoms with van der Waals surface area (Å²) in [6.07, 6.45) is 54.8. The lowest BCUT2D eigenvalue weighted by atomic mass is 9.17. The highest BCUT2D eigenvalue weighted by molar-refractivity contribution is 7.64. The van der Waals surface area contributed by atoms with Crippen LogP contribution in [0.3, 0.4) is 0 Å². The van der Waals surface area contributed by atoms with Crippen molar-refractivity contribution in [1.29, 1.82) is 0 Å². The summed E-state index contributed by atoms with van der Waals surface area (Å²) in [7, 11) is -0.964. The Kier molecular flexibility index (Phi) is 41.0. The fraction of sp³-hybridized carbons (Fsp3) is 0.885. The molecule has 0 aliphatic rings. The largest absolute Gasteiger partial charge is 0.207 e. The minimum absolute atomic E-state index is 0.120. The van der Waals surface area contributed by atoms with E-state index >= 15 is 0 Å². The molecule has 0 aliphatic heterocycles. The van der Waals surface area contributed by atoms with Crippen LogP contribution in [0.1, 0.15) is 253 Å². The van der Waals surface area contributed by atoms with E-state index in [4.69, 9.17) is 0 Å². The molecule has 0 saturated heterocycles. The van der Waals surface area contributed by atoms with Gasteiger partial charge in [-0.3, -0.25) is 0 Å². The van der Waals surface area contributed by atoms with Crippen LogP contribution in [0, 0.1) is 17.6 Å². The molecule has 0 bridgehead atoms. The summed E-state index contributed by atoms with van der Waals surface area (Å²) in [5, 5.41) is 0.621. The van der Waals surface area contributed by atoms with Gasteiger partial charge in [0.05, 0.1) is 12.8 Å². The zero-order chi connectivity index (χ0) is 41.4. The Labute approximate surface area is 354 Å². The summed E-state index contributed by atoms with van der Waals surface area (Å²) in [6, 6.07) is 3.84. The molecular formula is C52H102BF2P. The van der Waals surface area contributed by atoms with Crippen molar-refractivity contribution in [2.24, 2.45) is 5.92 Å². The van der Waals surface area contributed by atoms with Crippen LogP contribution in [0.4, 0.5) is 8.78 Å². The van der Waals surface area contributed by atoms with Crippen LogP contribution in [0.25, 0.3) is 0 Å². The van der Waals surface area contributed by atoms with E-state index in [-0.39, 0.29) is 17.8 Å². The lowest BCUT2D eigenvalue weighted by Gasteiger charge is -2.41. The second-order valence-electron chi connectivity index (χ2n) is 18.7. The van der Waals surface area contributed by atoms with Gasteiger partial charge in [0.25, 0.3) is 0 Å². The molecule has 2 unspecified atom stereocenters. The van der Waals surface area contributed by atoms with E-state index < -0.39 is 7.92 Å². The average Bonchev–Trinajstić information content (AvgIpc) is 3.20. The molecule has 0 aliphatic carbocycles. The van der Waals surface area contributed by atoms with Crippen LogP contribution >= 0.6 is 7.92 Å². The van der Waals surface area contributed by atoms with Gasteiger partial charge < -0.3 is 0 Å². The Morgan fingerprint density at radius 1 is 0.446 bits per heavy atom. The maximum atomic E-state index is 13.7. The van der Waals surface area contributed by atoms with Crippen molar-refractivity contribution in [3.8, 4) is 0 Å². The van der Waals surface area contributed by atoms with Gasteiger partial charge in [-0.25, -0.2) is 8.78 Å². The van der Waals surface area contributed by atoms with Gasteiger partial charge in [-0.1, -0.05) is 247 Å². The SMILES string of the molecule is CCCCC(CC)CC[PH+](C)c1cc(F)ccc1F.CCCCCCCCC[B-](CCCCCCCCC)(CCCCCCCCC)CCCCCCCCC. The molecule has 56 heavy (non-hydrogen) atoms. The number of benzene rings is 1. The maximum absolute atomic E-state index is 13.7. The van der Waals surface area contributed by atoms with E-state index in [1.54, 1.807) is 25.3 Å². The third-order valence-electron chi connectivity index (χ3n) is 13.5. The molecule has 1 rings (SSSR count). The van der Waals surface area contributed by atoms with Crippen molar-refractivity contribution in [1.82, 2.24) is 0 Å². The van der Waals surface area contributed by atoms with Gasteiger partial charge in [0, 0.05) is 20.1 Å². The summed E-state index contributed by atoms with van der Waals surface area (Å²) in [6.45, 7) is 15.9. The van der Waals surface area contributed by atoms with Gasteiger partial charge in [0.1, 0.15) is 11.1 Å². The lowest BCUT2D eigenvalue weighted by Crippen LogP contribution is -2.34. The Balaban J connectivity index is 0.00000132. The number of unbranched alkanes of at least 4 members (excludes halogenated alkanes) is 25. The zero-order valence-electron chi connectivity index (χ0n) is 39.5. The van der Waals surface area contributed by atoms with Crippen molar-refractivity contribution in [3.05, 3.63) is 29.8 Å². The van der Waals surface area contributed by atoms with Crippen molar-refractivity contribution < 1.29 is 8.78 Å². The summed E-state index contributed by atoms with van der Waals surface area (Å²) >= 11 is 0. The second-order valence-corrected chi connectivity index (χ2v) is 21.3. The summed E-state index contributed by atoms with van der Waals surface area (Å²) in [5.74, 6) is 0.190. The van der Waals surface area contributed by atoms with Gasteiger partial charge in [0.15, 0.2) is 5.82 Å². The molecule has 0 nitrogen and oxygen atoms in total. The summed E-state index contributed by atoms with van der Waals surface area (Å²) in [4.78, 5) is 0. The molecule has 0 radical (unpaired) electrons. The number of hydrogen-bond acceptors (Lipinski definition) is 0. The molecule has 0 amide bonds. The first-order valence-electron chi connectivity index (χ1n) is 25.8. The third-order valence-corrected chi connectivity index (χ3v) is 15.9. The Morgan fingerprint density at radius 3 is 1.12 bits per heavy atom. The van der Waals surface area contributed by atoms with Crippen LogP contribution in [0.15, 0.2) is 18.2 Å². The molecular weight excluding hydrogens is 704 g/mol. The predicted octanol–water partition coefficient (Wildman–Crippen LogP) is 19.5. The fourth-order valence-corrected chi connectivity index (χ4v) is 11.4. The van der Waals surface area contributed by atoms with Crippen molar-refractivity contribution in [2.75, 3.05) is 12.8 Å². The molecule has 0 N–H and O–H groups in total. The van der Waals surface area contributed by atoms with Crippen LogP contribution < -0.4 is 5.30 Å². The molecule has 0 aromatic heterocycles. The van der Waals surface area contributed by atoms with Crippen molar-refractivity contribution in [3.63, 3.8) is 0 Å². The monoisotopic (exact) mass is 807 g/mol. The molecule has 0 spiro atoms. The minimum atomic E-state index is -0.964. The molecule has 0 fully saturated rings. The van der Waals surface area contributed by atoms with E-state index in [2.05, 4.69) is 48.2 Å². The van der Waals surface area contributed by atoms with Gasteiger partial charge in [-0.15, -0.1) is 0 Å². The highest BCUT2D eigenvalue weighted by atomic mass is 31.1. The Morgan fingerprint density at radius 2 is 0.786 bits per heavy atom. The van der Waals surface area contributed by atoms with Crippen LogP contribution in [0.2, 0.25) is 25.3 Å². The zero-order valence-corrected chi connectivity index (χ0v) is 40.5. The second kappa shape index (κ2) is 41.3. The first-order valence-corrected chi connectivity index (χ1v) is 28.0. The van der Waals surface area contributed by atoms with Crippen LogP contribution in [-0.2, 0) is 0 Å². The molecule has 0 saturated carbocycles. The topological polar surface area (TPSA) is 0 Å². The van der Waals surface area contributed by atoms with Crippen molar-refractivity contribution in [2.45, 2.75) is 279 Å². The Hall–Kier alpha value is -0.425. The first-order chi connectivity index (χ1) is 27.3. The number of hydrogen-bond donors (Lipinski definition) is 0. The van der Waals surface area contributed by atoms with Crippen LogP contribution in [-0.4, -0.2) is 19.0 Å². The average molecular weight is 807 g/mol. The Bertz CT molecular complexity index is 860. The van der Waals surface area contributed by atoms with Crippen molar-refractivity contribution >= 4 is 19.4 Å². The van der Waals surface area contributed by atoms with E-state index in [0.29, 0.717) is 5.30 Å². The third kappa shape index (κ3) is 32.4. The van der Waals surface area contributed by atoms with Crippen LogP contribution in [0.5, 0.6) is 0 Å². The smallest absolute Gasteiger partial charge is 0.165 e. The van der Waals surface area contributed by atoms with Gasteiger partial charge in [-0.2, -0.15) is 25.3 Å². The number of halogens is 2. The fourth-order valence-electron chi connectivity index (χ4n) is 9.43. The van der Waals surface area contributed by atoms with E-state index in [1.165, 1.54) is 224 Å². The van der Waals surface area contributed by atoms with E-state index in [0.717, 1.165) is 18.5 Å². The molecule has 332 valence electrons. The molecule has 2 atom stereocenters. The predicted molar refractivity (Wildman–Crippen MR) is 260 cm³/mol. The quantitative estimate of drug-likeness (QED) is 0.0352. The highest BCUT2D eigenvalue weighted by Crippen LogP contribution is 2.36. The summed E-state index contributed by atoms with van der Waals surface area (Å²) < 4.78 is 26.9. The maximum Gasteiger partial charge on any atom is 0.165 e. The summed E-state index contributed by atoms with van der Waals surface area (Å²) in [5.41, 5.74) is 0.